The summed E-state index contributed by atoms with van der Waals surface area (Å²) in [4.78, 5) is 2.54. The van der Waals surface area contributed by atoms with E-state index in [9.17, 15) is 0 Å². The summed E-state index contributed by atoms with van der Waals surface area (Å²) < 4.78 is 11.7. The van der Waals surface area contributed by atoms with Crippen molar-refractivity contribution in [3.05, 3.63) is 241 Å². The number of para-hydroxylation sites is 4. The molecule has 14 rings (SSSR count). The van der Waals surface area contributed by atoms with E-state index >= 15 is 0 Å². The van der Waals surface area contributed by atoms with Crippen molar-refractivity contribution in [2.75, 3.05) is 4.90 Å². The predicted molar refractivity (Wildman–Crippen MR) is 263 cm³/mol. The summed E-state index contributed by atoms with van der Waals surface area (Å²) in [6.07, 6.45) is 0. The zero-order valence-electron chi connectivity index (χ0n) is 34.0. The fourth-order valence-electron chi connectivity index (χ4n) is 11.2. The Morgan fingerprint density at radius 2 is 1.03 bits per heavy atom. The monoisotopic (exact) mass is 820 g/mol. The van der Waals surface area contributed by atoms with Crippen molar-refractivity contribution in [2.24, 2.45) is 0 Å². The molecule has 0 bridgehead atoms. The molecule has 0 fully saturated rings. The van der Waals surface area contributed by atoms with E-state index in [1.807, 2.05) is 11.3 Å². The Morgan fingerprint density at radius 1 is 0.397 bits per heavy atom. The molecule has 1 aliphatic carbocycles. The minimum Gasteiger partial charge on any atom is -0.457 e. The highest BCUT2D eigenvalue weighted by Gasteiger charge is 2.49. The Hall–Kier alpha value is -7.92. The van der Waals surface area contributed by atoms with Gasteiger partial charge in [0.2, 0.25) is 0 Å². The summed E-state index contributed by atoms with van der Waals surface area (Å²) in [5.74, 6) is 1.78. The van der Waals surface area contributed by atoms with Crippen LogP contribution in [0.15, 0.2) is 218 Å². The molecule has 12 aromatic rings. The van der Waals surface area contributed by atoms with Gasteiger partial charge in [0.25, 0.3) is 0 Å². The zero-order valence-corrected chi connectivity index (χ0v) is 34.8. The van der Waals surface area contributed by atoms with Gasteiger partial charge in [-0.05, 0) is 100 Å². The van der Waals surface area contributed by atoms with Crippen LogP contribution in [0.4, 0.5) is 17.1 Å². The molecule has 1 aliphatic heterocycles. The molecule has 3 heterocycles. The topological polar surface area (TPSA) is 17.4 Å². The van der Waals surface area contributed by atoms with Crippen molar-refractivity contribution >= 4 is 81.1 Å². The average Bonchev–Trinajstić information content (AvgIpc) is 3.90. The molecule has 1 spiro atoms. The number of hydrogen-bond donors (Lipinski definition) is 0. The molecule has 10 aromatic carbocycles. The molecule has 2 aliphatic rings. The molecule has 0 atom stereocenters. The third-order valence-electron chi connectivity index (χ3n) is 13.6. The maximum atomic E-state index is 6.74. The van der Waals surface area contributed by atoms with E-state index in [1.54, 1.807) is 0 Å². The molecule has 294 valence electrons. The highest BCUT2D eigenvalue weighted by molar-refractivity contribution is 7.26. The van der Waals surface area contributed by atoms with Crippen LogP contribution in [0.25, 0.3) is 69.6 Å². The van der Waals surface area contributed by atoms with Crippen molar-refractivity contribution in [1.82, 2.24) is 4.57 Å². The molecule has 4 heteroatoms. The Balaban J connectivity index is 1.11. The zero-order chi connectivity index (χ0) is 41.2. The van der Waals surface area contributed by atoms with Gasteiger partial charge in [-0.1, -0.05) is 146 Å². The lowest BCUT2D eigenvalue weighted by Crippen LogP contribution is -2.36. The number of ether oxygens (including phenoxy) is 1. The lowest BCUT2D eigenvalue weighted by molar-refractivity contribution is 0.435. The summed E-state index contributed by atoms with van der Waals surface area (Å²) >= 11 is 1.86. The van der Waals surface area contributed by atoms with Crippen molar-refractivity contribution in [2.45, 2.75) is 5.41 Å². The van der Waals surface area contributed by atoms with Gasteiger partial charge < -0.3 is 14.2 Å². The highest BCUT2D eigenvalue weighted by Crippen LogP contribution is 2.62. The van der Waals surface area contributed by atoms with Gasteiger partial charge >= 0.3 is 0 Å². The number of benzene rings is 10. The van der Waals surface area contributed by atoms with Crippen LogP contribution in [-0.4, -0.2) is 4.57 Å². The number of fused-ring (bicyclic) bond motifs is 14. The first-order chi connectivity index (χ1) is 31.3. The second-order valence-electron chi connectivity index (χ2n) is 16.7. The Kier molecular flexibility index (Phi) is 7.20. The van der Waals surface area contributed by atoms with Crippen LogP contribution in [0.2, 0.25) is 0 Å². The second kappa shape index (κ2) is 13.0. The number of hydrogen-bond acceptors (Lipinski definition) is 3. The molecule has 0 amide bonds. The van der Waals surface area contributed by atoms with Gasteiger partial charge in [-0.3, -0.25) is 0 Å². The van der Waals surface area contributed by atoms with Gasteiger partial charge in [0.1, 0.15) is 11.5 Å². The Bertz CT molecular complexity index is 3810. The predicted octanol–water partition coefficient (Wildman–Crippen LogP) is 16.2. The van der Waals surface area contributed by atoms with E-state index in [2.05, 4.69) is 228 Å². The van der Waals surface area contributed by atoms with Crippen LogP contribution >= 0.6 is 11.3 Å². The quantitative estimate of drug-likeness (QED) is 0.176. The molecule has 3 nitrogen and oxygen atoms in total. The van der Waals surface area contributed by atoms with Crippen LogP contribution in [-0.2, 0) is 5.41 Å². The minimum atomic E-state index is -0.611. The smallest absolute Gasteiger partial charge is 0.132 e. The first-order valence-corrected chi connectivity index (χ1v) is 22.4. The van der Waals surface area contributed by atoms with Gasteiger partial charge in [-0.15, -0.1) is 11.3 Å². The number of thiophene rings is 1. The summed E-state index contributed by atoms with van der Waals surface area (Å²) in [5.41, 5.74) is 13.6. The molecule has 0 N–H and O–H groups in total. The third-order valence-corrected chi connectivity index (χ3v) is 14.8. The molecule has 2 aromatic heterocycles. The molecule has 0 saturated carbocycles. The van der Waals surface area contributed by atoms with E-state index in [-0.39, 0.29) is 0 Å². The average molecular weight is 821 g/mol. The first kappa shape index (κ1) is 34.8. The largest absolute Gasteiger partial charge is 0.457 e. The number of rotatable bonds is 4. The van der Waals surface area contributed by atoms with Crippen LogP contribution in [0, 0.1) is 0 Å². The standard InChI is InChI=1S/C59H36N2OS/c1-2-16-37(17-3-1)60-49-26-10-5-19-40(49)44-36-38(32-34-51(44)60)61(52-27-15-31-56-58(52)43-20-6-13-30-55(43)63-56)50-35-33-41-39-18-4-7-22-45(39)59(48-25-14-21-42(50)57(41)48)46-23-8-11-28-53(46)62-54-29-12-9-24-47(54)59/h1-36H. The summed E-state index contributed by atoms with van der Waals surface area (Å²) in [7, 11) is 0. The SMILES string of the molecule is c1ccc(-n2c3ccccc3c3cc(N(c4ccc5c6c(cccc46)C4(c6ccccc6Oc6ccccc64)c4ccccc4-5)c4cccc5sc6ccccc6c45)ccc32)cc1. The molecule has 63 heavy (non-hydrogen) atoms. The third kappa shape index (κ3) is 4.68. The van der Waals surface area contributed by atoms with E-state index in [0.29, 0.717) is 0 Å². The first-order valence-electron chi connectivity index (χ1n) is 21.6. The highest BCUT2D eigenvalue weighted by atomic mass is 32.1. The summed E-state index contributed by atoms with van der Waals surface area (Å²) in [6, 6.07) is 80.3. The number of anilines is 3. The van der Waals surface area contributed by atoms with E-state index in [0.717, 1.165) is 45.4 Å². The maximum Gasteiger partial charge on any atom is 0.132 e. The van der Waals surface area contributed by atoms with E-state index in [4.69, 9.17) is 4.74 Å². The lowest BCUT2D eigenvalue weighted by atomic mass is 9.58. The van der Waals surface area contributed by atoms with Crippen LogP contribution in [0.3, 0.4) is 0 Å². The van der Waals surface area contributed by atoms with Crippen molar-refractivity contribution < 1.29 is 4.74 Å². The molecule has 0 unspecified atom stereocenters. The number of nitrogens with zero attached hydrogens (tertiary/aromatic N) is 2. The summed E-state index contributed by atoms with van der Waals surface area (Å²) in [6.45, 7) is 0. The molecule has 0 radical (unpaired) electrons. The fraction of sp³-hybridized carbons (Fsp3) is 0.0169. The van der Waals surface area contributed by atoms with E-state index < -0.39 is 5.41 Å². The van der Waals surface area contributed by atoms with Gasteiger partial charge in [0.15, 0.2) is 0 Å². The Morgan fingerprint density at radius 3 is 1.87 bits per heavy atom. The maximum absolute atomic E-state index is 6.74. The van der Waals surface area contributed by atoms with Crippen molar-refractivity contribution in [1.29, 1.82) is 0 Å². The lowest BCUT2D eigenvalue weighted by Gasteiger charge is -2.45. The van der Waals surface area contributed by atoms with Gasteiger partial charge in [-0.25, -0.2) is 0 Å². The summed E-state index contributed by atoms with van der Waals surface area (Å²) in [5, 5.41) is 7.43. The van der Waals surface area contributed by atoms with Crippen LogP contribution < -0.4 is 9.64 Å². The minimum absolute atomic E-state index is 0.611. The van der Waals surface area contributed by atoms with Gasteiger partial charge in [-0.2, -0.15) is 0 Å². The van der Waals surface area contributed by atoms with Crippen LogP contribution in [0.1, 0.15) is 22.3 Å². The van der Waals surface area contributed by atoms with Crippen molar-refractivity contribution in [3.8, 4) is 28.3 Å². The second-order valence-corrected chi connectivity index (χ2v) is 17.8. The molecular weight excluding hydrogens is 785 g/mol. The molecular formula is C59H36N2OS. The Labute approximate surface area is 367 Å². The van der Waals surface area contributed by atoms with E-state index in [1.165, 1.54) is 75.0 Å². The fourth-order valence-corrected chi connectivity index (χ4v) is 12.3. The normalized spacial score (nSPS) is 13.3. The van der Waals surface area contributed by atoms with Gasteiger partial charge in [0, 0.05) is 58.8 Å². The molecule has 0 saturated heterocycles. The number of aromatic nitrogens is 1. The van der Waals surface area contributed by atoms with Crippen molar-refractivity contribution in [3.63, 3.8) is 0 Å². The van der Waals surface area contributed by atoms with Crippen LogP contribution in [0.5, 0.6) is 11.5 Å². The van der Waals surface area contributed by atoms with Gasteiger partial charge in [0.05, 0.1) is 27.8 Å².